The number of rotatable bonds is 8. The van der Waals surface area contributed by atoms with E-state index in [1.807, 2.05) is 55.5 Å². The first kappa shape index (κ1) is 21.2. The number of hydrogen-bond donors (Lipinski definition) is 2. The number of methoxy groups -OCH3 is 1. The smallest absolute Gasteiger partial charge is 0.163 e. The molecule has 0 aliphatic heterocycles. The molecule has 1 aliphatic rings. The van der Waals surface area contributed by atoms with Crippen molar-refractivity contribution in [2.45, 2.75) is 31.7 Å². The normalized spacial score (nSPS) is 14.3. The number of anilines is 2. The number of nitrogens with one attached hydrogen (secondary N) is 1. The lowest BCUT2D eigenvalue weighted by Crippen LogP contribution is -2.29. The molecule has 33 heavy (non-hydrogen) atoms. The molecule has 6 heteroatoms. The van der Waals surface area contributed by atoms with Gasteiger partial charge in [-0.25, -0.2) is 0 Å². The van der Waals surface area contributed by atoms with Gasteiger partial charge in [-0.05, 0) is 47.9 Å². The van der Waals surface area contributed by atoms with Crippen LogP contribution in [0.2, 0.25) is 0 Å². The third-order valence-corrected chi connectivity index (χ3v) is 6.22. The summed E-state index contributed by atoms with van der Waals surface area (Å²) in [5.41, 5.74) is 9.35. The van der Waals surface area contributed by atoms with Crippen molar-refractivity contribution in [2.75, 3.05) is 19.0 Å². The Morgan fingerprint density at radius 3 is 2.70 bits per heavy atom. The molecule has 5 rings (SSSR count). The highest BCUT2D eigenvalue weighted by atomic mass is 16.5. The summed E-state index contributed by atoms with van der Waals surface area (Å²) in [5, 5.41) is 6.40. The van der Waals surface area contributed by atoms with Crippen molar-refractivity contribution in [3.63, 3.8) is 0 Å². The van der Waals surface area contributed by atoms with E-state index in [9.17, 15) is 4.79 Å². The van der Waals surface area contributed by atoms with Crippen molar-refractivity contribution >= 4 is 38.8 Å². The van der Waals surface area contributed by atoms with Gasteiger partial charge in [-0.3, -0.25) is 9.78 Å². The summed E-state index contributed by atoms with van der Waals surface area (Å²) in [6, 6.07) is 17.7. The van der Waals surface area contributed by atoms with Gasteiger partial charge in [-0.2, -0.15) is 0 Å². The molecule has 1 aliphatic carbocycles. The van der Waals surface area contributed by atoms with Crippen molar-refractivity contribution in [2.24, 2.45) is 5.73 Å². The van der Waals surface area contributed by atoms with E-state index in [1.54, 1.807) is 13.3 Å². The lowest BCUT2D eigenvalue weighted by molar-refractivity contribution is 0.0989. The van der Waals surface area contributed by atoms with Gasteiger partial charge in [-0.1, -0.05) is 31.2 Å². The second-order valence-corrected chi connectivity index (χ2v) is 8.67. The van der Waals surface area contributed by atoms with Gasteiger partial charge >= 0.3 is 0 Å². The van der Waals surface area contributed by atoms with Crippen LogP contribution in [0.15, 0.2) is 60.8 Å². The van der Waals surface area contributed by atoms with Crippen LogP contribution in [0.5, 0.6) is 11.5 Å². The van der Waals surface area contributed by atoms with Gasteiger partial charge in [0.15, 0.2) is 17.3 Å². The fourth-order valence-electron chi connectivity index (χ4n) is 4.01. The number of Topliss-reactive ketones (excluding diaryl/α,β-unsaturated/α-hetero) is 1. The van der Waals surface area contributed by atoms with Crippen molar-refractivity contribution in [3.05, 3.63) is 66.4 Å². The minimum absolute atomic E-state index is 0.147. The maximum absolute atomic E-state index is 12.3. The van der Waals surface area contributed by atoms with E-state index in [4.69, 9.17) is 15.2 Å². The summed E-state index contributed by atoms with van der Waals surface area (Å²) < 4.78 is 11.6. The predicted molar refractivity (Wildman–Crippen MR) is 132 cm³/mol. The van der Waals surface area contributed by atoms with Gasteiger partial charge in [0, 0.05) is 41.0 Å². The van der Waals surface area contributed by atoms with E-state index in [2.05, 4.69) is 16.4 Å². The zero-order chi connectivity index (χ0) is 23.0. The highest BCUT2D eigenvalue weighted by molar-refractivity contribution is 6.08. The van der Waals surface area contributed by atoms with Crippen LogP contribution in [0, 0.1) is 0 Å². The number of pyridine rings is 1. The zero-order valence-electron chi connectivity index (χ0n) is 18.9. The highest BCUT2D eigenvalue weighted by Crippen LogP contribution is 2.38. The third kappa shape index (κ3) is 4.22. The fraction of sp³-hybridized carbons (Fsp3) is 0.259. The van der Waals surface area contributed by atoms with Crippen LogP contribution in [0.1, 0.15) is 36.5 Å². The number of fused-ring (bicyclic) bond motifs is 2. The van der Waals surface area contributed by atoms with Crippen molar-refractivity contribution in [1.82, 2.24) is 4.98 Å². The summed E-state index contributed by atoms with van der Waals surface area (Å²) in [6.07, 6.45) is 4.22. The first-order valence-corrected chi connectivity index (χ1v) is 11.2. The van der Waals surface area contributed by atoms with E-state index in [-0.39, 0.29) is 11.3 Å². The summed E-state index contributed by atoms with van der Waals surface area (Å²) in [7, 11) is 1.63. The number of nitrogens with two attached hydrogens (primary N) is 1. The first-order chi connectivity index (χ1) is 16.0. The fourth-order valence-corrected chi connectivity index (χ4v) is 4.01. The molecule has 0 unspecified atom stereocenters. The Kier molecular flexibility index (Phi) is 5.38. The molecule has 1 aromatic heterocycles. The van der Waals surface area contributed by atoms with E-state index in [0.29, 0.717) is 24.5 Å². The molecule has 0 amide bonds. The van der Waals surface area contributed by atoms with E-state index < -0.39 is 0 Å². The Labute approximate surface area is 192 Å². The van der Waals surface area contributed by atoms with Crippen LogP contribution in [0.3, 0.4) is 0 Å². The van der Waals surface area contributed by atoms with Crippen LogP contribution >= 0.6 is 0 Å². The largest absolute Gasteiger partial charge is 0.493 e. The molecule has 1 heterocycles. The molecule has 1 saturated carbocycles. The molecule has 168 valence electrons. The van der Waals surface area contributed by atoms with Gasteiger partial charge in [-0.15, -0.1) is 0 Å². The maximum atomic E-state index is 12.3. The van der Waals surface area contributed by atoms with Crippen molar-refractivity contribution < 1.29 is 14.3 Å². The number of ether oxygens (including phenoxy) is 2. The predicted octanol–water partition coefficient (Wildman–Crippen LogP) is 5.60. The van der Waals surface area contributed by atoms with Crippen LogP contribution in [0.4, 0.5) is 11.4 Å². The molecule has 0 bridgehead atoms. The molecular weight excluding hydrogens is 414 g/mol. The highest BCUT2D eigenvalue weighted by Gasteiger charge is 2.39. The number of carbonyl (C=O) groups is 1. The second-order valence-electron chi connectivity index (χ2n) is 8.67. The lowest BCUT2D eigenvalue weighted by atomic mass is 10.00. The number of nitrogens with zero attached hydrogens (tertiary/aromatic N) is 1. The summed E-state index contributed by atoms with van der Waals surface area (Å²) >= 11 is 0. The minimum atomic E-state index is -0.214. The average molecular weight is 442 g/mol. The quantitative estimate of drug-likeness (QED) is 0.346. The van der Waals surface area contributed by atoms with Gasteiger partial charge in [0.2, 0.25) is 0 Å². The lowest BCUT2D eigenvalue weighted by Gasteiger charge is -2.16. The van der Waals surface area contributed by atoms with Crippen LogP contribution in [-0.4, -0.2) is 30.0 Å². The number of benzene rings is 3. The van der Waals surface area contributed by atoms with Crippen LogP contribution in [0.25, 0.3) is 21.7 Å². The Morgan fingerprint density at radius 2 is 1.94 bits per heavy atom. The molecule has 0 saturated heterocycles. The van der Waals surface area contributed by atoms with Gasteiger partial charge in [0.05, 0.1) is 18.2 Å². The number of hydrogen-bond acceptors (Lipinski definition) is 6. The number of aromatic nitrogens is 1. The minimum Gasteiger partial charge on any atom is -0.493 e. The van der Waals surface area contributed by atoms with Crippen LogP contribution in [-0.2, 0) is 0 Å². The van der Waals surface area contributed by atoms with E-state index in [1.165, 1.54) is 0 Å². The topological polar surface area (TPSA) is 86.5 Å². The summed E-state index contributed by atoms with van der Waals surface area (Å²) in [5.74, 6) is 1.43. The van der Waals surface area contributed by atoms with E-state index in [0.717, 1.165) is 51.5 Å². The molecule has 1 fully saturated rings. The SMILES string of the molecule is CCC(=O)c1cccc2cc(Nc3ccnc4cc(OCC5(N)CC5)c(OC)cc34)ccc12. The van der Waals surface area contributed by atoms with Gasteiger partial charge in [0.1, 0.15) is 6.61 Å². The number of carbonyl (C=O) groups excluding carboxylic acids is 1. The monoisotopic (exact) mass is 441 g/mol. The van der Waals surface area contributed by atoms with Gasteiger partial charge < -0.3 is 20.5 Å². The Morgan fingerprint density at radius 1 is 1.09 bits per heavy atom. The number of ketones is 1. The summed E-state index contributed by atoms with van der Waals surface area (Å²) in [4.78, 5) is 16.8. The molecule has 4 aromatic rings. The maximum Gasteiger partial charge on any atom is 0.163 e. The van der Waals surface area contributed by atoms with Crippen molar-refractivity contribution in [3.8, 4) is 11.5 Å². The molecule has 6 nitrogen and oxygen atoms in total. The Bertz CT molecular complexity index is 1360. The second kappa shape index (κ2) is 8.37. The molecule has 0 atom stereocenters. The average Bonchev–Trinajstić information content (AvgIpc) is 3.58. The van der Waals surface area contributed by atoms with Crippen molar-refractivity contribution in [1.29, 1.82) is 0 Å². The van der Waals surface area contributed by atoms with E-state index >= 15 is 0 Å². The molecule has 3 N–H and O–H groups in total. The Hall–Kier alpha value is -3.64. The standard InChI is InChI=1S/C27H27N3O3/c1-3-24(31)20-6-4-5-17-13-18(7-8-19(17)20)30-22-9-12-29-23-15-26(25(32-2)14-21(22)23)33-16-27(28)10-11-27/h4-9,12-15H,3,10-11,16,28H2,1-2H3,(H,29,30). The molecule has 0 radical (unpaired) electrons. The van der Waals surface area contributed by atoms with Crippen LogP contribution < -0.4 is 20.5 Å². The Balaban J connectivity index is 1.48. The molecule has 0 spiro atoms. The zero-order valence-corrected chi connectivity index (χ0v) is 18.9. The summed E-state index contributed by atoms with van der Waals surface area (Å²) in [6.45, 7) is 2.35. The molecule has 3 aromatic carbocycles. The van der Waals surface area contributed by atoms with Gasteiger partial charge in [0.25, 0.3) is 0 Å². The first-order valence-electron chi connectivity index (χ1n) is 11.2. The third-order valence-electron chi connectivity index (χ3n) is 6.22. The molecular formula is C27H27N3O3.